The average Bonchev–Trinajstić information content (AvgIpc) is 2.67. The van der Waals surface area contributed by atoms with Gasteiger partial charge >= 0.3 is 0 Å². The highest BCUT2D eigenvalue weighted by Crippen LogP contribution is 2.27. The number of benzene rings is 3. The quantitative estimate of drug-likeness (QED) is 0.386. The standard InChI is InChI=1S/C22H21BrClNO.ClH/c23-21-14-19(15-25-13-12-17-4-2-1-3-5-17)8-11-22(21)26-16-18-6-9-20(24)10-7-18;/h1-11,14,25H,12-13,15-16H2;1H. The molecular formula is C22H22BrCl2NO. The Morgan fingerprint density at radius 3 is 2.26 bits per heavy atom. The maximum atomic E-state index is 5.90. The molecule has 5 heteroatoms. The largest absolute Gasteiger partial charge is 0.488 e. The zero-order chi connectivity index (χ0) is 18.2. The lowest BCUT2D eigenvalue weighted by Crippen LogP contribution is -2.16. The molecule has 0 atom stereocenters. The molecule has 27 heavy (non-hydrogen) atoms. The van der Waals surface area contributed by atoms with Crippen molar-refractivity contribution in [1.29, 1.82) is 0 Å². The summed E-state index contributed by atoms with van der Waals surface area (Å²) in [6, 6.07) is 24.4. The summed E-state index contributed by atoms with van der Waals surface area (Å²) >= 11 is 9.51. The van der Waals surface area contributed by atoms with E-state index < -0.39 is 0 Å². The van der Waals surface area contributed by atoms with Crippen LogP contribution in [0.1, 0.15) is 16.7 Å². The predicted octanol–water partition coefficient (Wildman–Crippen LogP) is 6.44. The van der Waals surface area contributed by atoms with Gasteiger partial charge in [0.05, 0.1) is 4.47 Å². The average molecular weight is 467 g/mol. The fraction of sp³-hybridized carbons (Fsp3) is 0.182. The molecule has 0 saturated heterocycles. The molecule has 0 aliphatic heterocycles. The van der Waals surface area contributed by atoms with Crippen LogP contribution in [-0.4, -0.2) is 6.54 Å². The maximum Gasteiger partial charge on any atom is 0.134 e. The van der Waals surface area contributed by atoms with E-state index in [1.165, 1.54) is 11.1 Å². The minimum atomic E-state index is 0. The van der Waals surface area contributed by atoms with Crippen LogP contribution in [0.15, 0.2) is 77.3 Å². The first-order valence-electron chi connectivity index (χ1n) is 8.61. The van der Waals surface area contributed by atoms with Crippen molar-refractivity contribution < 1.29 is 4.74 Å². The first-order chi connectivity index (χ1) is 12.7. The van der Waals surface area contributed by atoms with Gasteiger partial charge in [0, 0.05) is 11.6 Å². The number of ether oxygens (including phenoxy) is 1. The van der Waals surface area contributed by atoms with Crippen molar-refractivity contribution in [2.75, 3.05) is 6.54 Å². The highest BCUT2D eigenvalue weighted by Gasteiger charge is 2.04. The van der Waals surface area contributed by atoms with Crippen molar-refractivity contribution in [3.8, 4) is 5.75 Å². The molecule has 0 amide bonds. The van der Waals surface area contributed by atoms with Crippen LogP contribution >= 0.6 is 39.9 Å². The second kappa shape index (κ2) is 11.4. The second-order valence-corrected chi connectivity index (χ2v) is 7.38. The lowest BCUT2D eigenvalue weighted by Gasteiger charge is -2.11. The second-order valence-electron chi connectivity index (χ2n) is 6.09. The molecule has 3 rings (SSSR count). The summed E-state index contributed by atoms with van der Waals surface area (Å²) in [5.74, 6) is 0.841. The monoisotopic (exact) mass is 465 g/mol. The van der Waals surface area contributed by atoms with Crippen molar-refractivity contribution in [3.63, 3.8) is 0 Å². The molecule has 142 valence electrons. The third kappa shape index (κ3) is 7.19. The van der Waals surface area contributed by atoms with Gasteiger partial charge in [0.1, 0.15) is 12.4 Å². The Kier molecular flexibility index (Phi) is 9.16. The number of nitrogens with one attached hydrogen (secondary N) is 1. The van der Waals surface area contributed by atoms with Crippen LogP contribution in [0, 0.1) is 0 Å². The van der Waals surface area contributed by atoms with Crippen LogP contribution in [0.2, 0.25) is 5.02 Å². The third-order valence-electron chi connectivity index (χ3n) is 4.07. The van der Waals surface area contributed by atoms with Crippen molar-refractivity contribution >= 4 is 39.9 Å². The minimum absolute atomic E-state index is 0. The number of halogens is 3. The van der Waals surface area contributed by atoms with E-state index in [0.717, 1.165) is 40.3 Å². The van der Waals surface area contributed by atoms with E-state index in [1.54, 1.807) is 0 Å². The molecular weight excluding hydrogens is 445 g/mol. The normalized spacial score (nSPS) is 10.3. The zero-order valence-corrected chi connectivity index (χ0v) is 18.0. The molecule has 1 N–H and O–H groups in total. The minimum Gasteiger partial charge on any atom is -0.488 e. The van der Waals surface area contributed by atoms with Gasteiger partial charge in [-0.1, -0.05) is 60.1 Å². The molecule has 3 aromatic rings. The van der Waals surface area contributed by atoms with Crippen LogP contribution in [0.5, 0.6) is 5.75 Å². The van der Waals surface area contributed by atoms with Crippen molar-refractivity contribution in [1.82, 2.24) is 5.32 Å². The van der Waals surface area contributed by atoms with Crippen LogP contribution in [-0.2, 0) is 19.6 Å². The van der Waals surface area contributed by atoms with E-state index in [0.29, 0.717) is 6.61 Å². The first kappa shape index (κ1) is 21.8. The van der Waals surface area contributed by atoms with Crippen LogP contribution in [0.25, 0.3) is 0 Å². The Morgan fingerprint density at radius 1 is 0.852 bits per heavy atom. The number of hydrogen-bond acceptors (Lipinski definition) is 2. The highest BCUT2D eigenvalue weighted by atomic mass is 79.9. The number of hydrogen-bond donors (Lipinski definition) is 1. The van der Waals surface area contributed by atoms with Gasteiger partial charge in [0.2, 0.25) is 0 Å². The van der Waals surface area contributed by atoms with Gasteiger partial charge in [-0.2, -0.15) is 0 Å². The van der Waals surface area contributed by atoms with E-state index >= 15 is 0 Å². The van der Waals surface area contributed by atoms with Crippen LogP contribution in [0.4, 0.5) is 0 Å². The van der Waals surface area contributed by atoms with Crippen molar-refractivity contribution in [3.05, 3.63) is 99.0 Å². The summed E-state index contributed by atoms with van der Waals surface area (Å²) in [6.45, 7) is 2.31. The molecule has 0 saturated carbocycles. The van der Waals surface area contributed by atoms with E-state index in [9.17, 15) is 0 Å². The summed E-state index contributed by atoms with van der Waals surface area (Å²) < 4.78 is 6.86. The Morgan fingerprint density at radius 2 is 1.56 bits per heavy atom. The van der Waals surface area contributed by atoms with Gasteiger partial charge in [-0.25, -0.2) is 0 Å². The highest BCUT2D eigenvalue weighted by molar-refractivity contribution is 9.10. The molecule has 0 fully saturated rings. The molecule has 0 unspecified atom stereocenters. The van der Waals surface area contributed by atoms with Gasteiger partial charge < -0.3 is 10.1 Å². The fourth-order valence-electron chi connectivity index (χ4n) is 2.62. The van der Waals surface area contributed by atoms with Gasteiger partial charge in [0.15, 0.2) is 0 Å². The zero-order valence-electron chi connectivity index (χ0n) is 14.8. The van der Waals surface area contributed by atoms with E-state index in [2.05, 4.69) is 57.6 Å². The van der Waals surface area contributed by atoms with Gasteiger partial charge in [0.25, 0.3) is 0 Å². The lowest BCUT2D eigenvalue weighted by atomic mass is 10.1. The van der Waals surface area contributed by atoms with Crippen molar-refractivity contribution in [2.45, 2.75) is 19.6 Å². The molecule has 0 aliphatic carbocycles. The molecule has 0 spiro atoms. The Hall–Kier alpha value is -1.52. The molecule has 0 heterocycles. The Balaban J connectivity index is 0.00000261. The Bertz CT molecular complexity index is 825. The smallest absolute Gasteiger partial charge is 0.134 e. The predicted molar refractivity (Wildman–Crippen MR) is 119 cm³/mol. The van der Waals surface area contributed by atoms with E-state index in [-0.39, 0.29) is 12.4 Å². The van der Waals surface area contributed by atoms with Crippen LogP contribution in [0.3, 0.4) is 0 Å². The van der Waals surface area contributed by atoms with Gasteiger partial charge in [-0.15, -0.1) is 12.4 Å². The SMILES string of the molecule is Cl.Clc1ccc(COc2ccc(CNCCc3ccccc3)cc2Br)cc1. The fourth-order valence-corrected chi connectivity index (χ4v) is 3.29. The summed E-state index contributed by atoms with van der Waals surface area (Å²) in [7, 11) is 0. The Labute approximate surface area is 180 Å². The number of rotatable bonds is 8. The third-order valence-corrected chi connectivity index (χ3v) is 4.94. The topological polar surface area (TPSA) is 21.3 Å². The lowest BCUT2D eigenvalue weighted by molar-refractivity contribution is 0.304. The molecule has 2 nitrogen and oxygen atoms in total. The van der Waals surface area contributed by atoms with Gasteiger partial charge in [-0.05, 0) is 69.9 Å². The maximum absolute atomic E-state index is 5.90. The van der Waals surface area contributed by atoms with Crippen LogP contribution < -0.4 is 10.1 Å². The summed E-state index contributed by atoms with van der Waals surface area (Å²) in [5, 5.41) is 4.22. The van der Waals surface area contributed by atoms with E-state index in [4.69, 9.17) is 16.3 Å². The summed E-state index contributed by atoms with van der Waals surface area (Å²) in [6.07, 6.45) is 1.03. The molecule has 3 aromatic carbocycles. The summed E-state index contributed by atoms with van der Waals surface area (Å²) in [4.78, 5) is 0. The first-order valence-corrected chi connectivity index (χ1v) is 9.78. The molecule has 0 bridgehead atoms. The van der Waals surface area contributed by atoms with Gasteiger partial charge in [-0.3, -0.25) is 0 Å². The molecule has 0 aliphatic rings. The van der Waals surface area contributed by atoms with E-state index in [1.807, 2.05) is 36.4 Å². The molecule has 0 radical (unpaired) electrons. The van der Waals surface area contributed by atoms with Crippen molar-refractivity contribution in [2.24, 2.45) is 0 Å². The summed E-state index contributed by atoms with van der Waals surface area (Å²) in [5.41, 5.74) is 3.67. The molecule has 0 aromatic heterocycles.